The van der Waals surface area contributed by atoms with Crippen LogP contribution >= 0.6 is 0 Å². The number of carbonyl (C=O) groups is 1. The molecule has 8 heteroatoms. The first-order valence-electron chi connectivity index (χ1n) is 7.37. The number of benzene rings is 1. The van der Waals surface area contributed by atoms with Crippen LogP contribution in [0.3, 0.4) is 0 Å². The molecule has 0 saturated heterocycles. The lowest BCUT2D eigenvalue weighted by Gasteiger charge is -2.25. The fraction of sp³-hybridized carbons (Fsp3) is 0.438. The molecule has 1 aromatic carbocycles. The average Bonchev–Trinajstić information content (AvgIpc) is 3.00. The highest BCUT2D eigenvalue weighted by molar-refractivity contribution is 5.81. The topological polar surface area (TPSA) is 64.8 Å². The van der Waals surface area contributed by atoms with Crippen molar-refractivity contribution in [3.8, 4) is 0 Å². The van der Waals surface area contributed by atoms with Crippen molar-refractivity contribution in [2.24, 2.45) is 5.73 Å². The van der Waals surface area contributed by atoms with Crippen molar-refractivity contribution in [2.75, 3.05) is 7.05 Å². The molecule has 132 valence electrons. The summed E-state index contributed by atoms with van der Waals surface area (Å²) in [4.78, 5) is 11.9. The average molecular weight is 344 g/mol. The van der Waals surface area contributed by atoms with Crippen LogP contribution in [0.25, 0.3) is 0 Å². The normalized spacial score (nSPS) is 18.4. The van der Waals surface area contributed by atoms with Gasteiger partial charge in [0.2, 0.25) is 0 Å². The third-order valence-corrected chi connectivity index (χ3v) is 3.83. The minimum Gasteiger partial charge on any atom is -0.455 e. The van der Waals surface area contributed by atoms with E-state index in [9.17, 15) is 18.0 Å². The van der Waals surface area contributed by atoms with Gasteiger partial charge in [-0.3, -0.25) is 4.79 Å². The second kappa shape index (κ2) is 7.12. The molecular formula is C16H19F3N2O3. The minimum absolute atomic E-state index is 0.111. The number of halogens is 3. The fourth-order valence-electron chi connectivity index (χ4n) is 2.34. The lowest BCUT2D eigenvalue weighted by molar-refractivity contribution is -0.186. The first kappa shape index (κ1) is 18.1. The molecule has 0 radical (unpaired) electrons. The van der Waals surface area contributed by atoms with E-state index in [4.69, 9.17) is 15.2 Å². The number of hydrogen-bond acceptors (Lipinski definition) is 4. The van der Waals surface area contributed by atoms with Gasteiger partial charge in [0.1, 0.15) is 12.0 Å². The molecule has 1 heterocycles. The van der Waals surface area contributed by atoms with E-state index in [2.05, 4.69) is 0 Å². The number of carbonyl (C=O) groups excluding carboxylic acids is 1. The van der Waals surface area contributed by atoms with Gasteiger partial charge in [0.25, 0.3) is 6.29 Å². The molecule has 0 aliphatic carbocycles. The first-order valence-corrected chi connectivity index (χ1v) is 7.37. The third-order valence-electron chi connectivity index (χ3n) is 3.83. The smallest absolute Gasteiger partial charge is 0.455 e. The molecule has 0 spiro atoms. The Kier molecular flexibility index (Phi) is 5.38. The SMILES string of the molecule is CC(CC1=COC(c2ccccc2CN)O1)N(C)C(=O)C(F)(F)F. The van der Waals surface area contributed by atoms with Crippen molar-refractivity contribution < 1.29 is 27.4 Å². The predicted molar refractivity (Wildman–Crippen MR) is 80.2 cm³/mol. The van der Waals surface area contributed by atoms with Gasteiger partial charge >= 0.3 is 12.1 Å². The van der Waals surface area contributed by atoms with Crippen LogP contribution in [0, 0.1) is 0 Å². The summed E-state index contributed by atoms with van der Waals surface area (Å²) in [6, 6.07) is 6.62. The molecule has 1 amide bonds. The Morgan fingerprint density at radius 3 is 2.67 bits per heavy atom. The van der Waals surface area contributed by atoms with Crippen molar-refractivity contribution in [3.63, 3.8) is 0 Å². The van der Waals surface area contributed by atoms with Crippen LogP contribution in [0.1, 0.15) is 30.8 Å². The number of amides is 1. The summed E-state index contributed by atoms with van der Waals surface area (Å²) in [6.07, 6.45) is -4.11. The molecule has 5 nitrogen and oxygen atoms in total. The summed E-state index contributed by atoms with van der Waals surface area (Å²) >= 11 is 0. The summed E-state index contributed by atoms with van der Waals surface area (Å²) in [5.41, 5.74) is 7.29. The lowest BCUT2D eigenvalue weighted by Crippen LogP contribution is -2.43. The largest absolute Gasteiger partial charge is 0.471 e. The van der Waals surface area contributed by atoms with Gasteiger partial charge in [0.05, 0.1) is 0 Å². The Bertz CT molecular complexity index is 631. The van der Waals surface area contributed by atoms with Gasteiger partial charge < -0.3 is 20.1 Å². The fourth-order valence-corrected chi connectivity index (χ4v) is 2.34. The Balaban J connectivity index is 1.97. The highest BCUT2D eigenvalue weighted by Gasteiger charge is 2.42. The molecule has 0 fully saturated rings. The van der Waals surface area contributed by atoms with Gasteiger partial charge in [-0.1, -0.05) is 24.3 Å². The number of hydrogen-bond donors (Lipinski definition) is 1. The molecule has 24 heavy (non-hydrogen) atoms. The zero-order chi connectivity index (χ0) is 17.9. The van der Waals surface area contributed by atoms with Crippen LogP contribution in [-0.2, 0) is 20.8 Å². The van der Waals surface area contributed by atoms with Gasteiger partial charge in [-0.05, 0) is 12.5 Å². The Hall–Kier alpha value is -2.22. The number of nitrogens with zero attached hydrogens (tertiary/aromatic N) is 1. The molecule has 2 N–H and O–H groups in total. The second-order valence-electron chi connectivity index (χ2n) is 5.54. The Morgan fingerprint density at radius 1 is 1.38 bits per heavy atom. The number of rotatable bonds is 5. The molecule has 1 aromatic rings. The minimum atomic E-state index is -4.90. The molecular weight excluding hydrogens is 325 g/mol. The van der Waals surface area contributed by atoms with E-state index in [1.807, 2.05) is 24.3 Å². The van der Waals surface area contributed by atoms with E-state index < -0.39 is 24.4 Å². The third kappa shape index (κ3) is 4.00. The standard InChI is InChI=1S/C16H19F3N2O3/c1-10(21(2)15(22)16(17,18)19)7-12-9-23-14(24-12)13-6-4-3-5-11(13)8-20/h3-6,9-10,14H,7-8,20H2,1-2H3. The molecule has 1 aliphatic heterocycles. The summed E-state index contributed by atoms with van der Waals surface area (Å²) < 4.78 is 48.5. The maximum absolute atomic E-state index is 12.5. The van der Waals surface area contributed by atoms with E-state index in [0.717, 1.165) is 18.2 Å². The lowest BCUT2D eigenvalue weighted by atomic mass is 10.1. The number of alkyl halides is 3. The second-order valence-corrected chi connectivity index (χ2v) is 5.54. The van der Waals surface area contributed by atoms with E-state index in [-0.39, 0.29) is 6.42 Å². The van der Waals surface area contributed by atoms with Crippen LogP contribution in [0.2, 0.25) is 0 Å². The van der Waals surface area contributed by atoms with Gasteiger partial charge in [0.15, 0.2) is 0 Å². The number of ether oxygens (including phenoxy) is 2. The molecule has 1 aliphatic rings. The summed E-state index contributed by atoms with van der Waals surface area (Å²) in [6.45, 7) is 1.82. The van der Waals surface area contributed by atoms with E-state index in [1.165, 1.54) is 13.2 Å². The van der Waals surface area contributed by atoms with Crippen molar-refractivity contribution in [2.45, 2.75) is 38.4 Å². The summed E-state index contributed by atoms with van der Waals surface area (Å²) in [7, 11) is 1.11. The quantitative estimate of drug-likeness (QED) is 0.892. The monoisotopic (exact) mass is 344 g/mol. The van der Waals surface area contributed by atoms with E-state index in [1.54, 1.807) is 0 Å². The Labute approximate surface area is 137 Å². The van der Waals surface area contributed by atoms with Gasteiger partial charge in [0, 0.05) is 31.6 Å². The highest BCUT2D eigenvalue weighted by atomic mass is 19.4. The maximum Gasteiger partial charge on any atom is 0.471 e. The molecule has 0 saturated carbocycles. The zero-order valence-corrected chi connectivity index (χ0v) is 13.3. The van der Waals surface area contributed by atoms with Gasteiger partial charge in [-0.2, -0.15) is 13.2 Å². The summed E-state index contributed by atoms with van der Waals surface area (Å²) in [5.74, 6) is -1.51. The highest BCUT2D eigenvalue weighted by Crippen LogP contribution is 2.33. The van der Waals surface area contributed by atoms with Crippen molar-refractivity contribution in [3.05, 3.63) is 47.4 Å². The van der Waals surface area contributed by atoms with Crippen LogP contribution in [0.15, 0.2) is 36.3 Å². The van der Waals surface area contributed by atoms with E-state index in [0.29, 0.717) is 17.2 Å². The van der Waals surface area contributed by atoms with Crippen molar-refractivity contribution >= 4 is 5.91 Å². The zero-order valence-electron chi connectivity index (χ0n) is 13.3. The molecule has 2 unspecified atom stereocenters. The molecule has 0 aromatic heterocycles. The van der Waals surface area contributed by atoms with Crippen LogP contribution in [-0.4, -0.2) is 30.1 Å². The maximum atomic E-state index is 12.5. The van der Waals surface area contributed by atoms with Crippen molar-refractivity contribution in [1.29, 1.82) is 0 Å². The van der Waals surface area contributed by atoms with Crippen molar-refractivity contribution in [1.82, 2.24) is 4.90 Å². The predicted octanol–water partition coefficient (Wildman–Crippen LogP) is 2.83. The molecule has 2 atom stereocenters. The van der Waals surface area contributed by atoms with E-state index >= 15 is 0 Å². The van der Waals surface area contributed by atoms with Crippen LogP contribution < -0.4 is 5.73 Å². The molecule has 2 rings (SSSR count). The Morgan fingerprint density at radius 2 is 2.04 bits per heavy atom. The first-order chi connectivity index (χ1) is 11.2. The molecule has 0 bridgehead atoms. The van der Waals surface area contributed by atoms with Gasteiger partial charge in [-0.15, -0.1) is 0 Å². The van der Waals surface area contributed by atoms with Gasteiger partial charge in [-0.25, -0.2) is 0 Å². The van der Waals surface area contributed by atoms with Crippen LogP contribution in [0.5, 0.6) is 0 Å². The summed E-state index contributed by atoms with van der Waals surface area (Å²) in [5, 5.41) is 0. The number of nitrogens with two attached hydrogens (primary N) is 1. The van der Waals surface area contributed by atoms with Crippen LogP contribution in [0.4, 0.5) is 13.2 Å².